The third kappa shape index (κ3) is 2.39. The Morgan fingerprint density at radius 1 is 1.53 bits per heavy atom. The fourth-order valence-electron chi connectivity index (χ4n) is 1.95. The Morgan fingerprint density at radius 3 is 2.82 bits per heavy atom. The highest BCUT2D eigenvalue weighted by Gasteiger charge is 2.14. The molecule has 0 aromatic carbocycles. The normalized spacial score (nSPS) is 10.7. The van der Waals surface area contributed by atoms with E-state index in [1.54, 1.807) is 23.6 Å². The van der Waals surface area contributed by atoms with Crippen LogP contribution in [0.3, 0.4) is 0 Å². The number of hydrogen-bond donors (Lipinski definition) is 1. The lowest BCUT2D eigenvalue weighted by atomic mass is 10.2. The minimum Gasteiger partial charge on any atom is -0.478 e. The van der Waals surface area contributed by atoms with Gasteiger partial charge in [-0.1, -0.05) is 0 Å². The zero-order valence-electron chi connectivity index (χ0n) is 9.80. The standard InChI is InChI=1S/C12H14N2O2S/c1-8-7-10(12(15)16)9(2)14(8)5-3-11-13-4-6-17-11/h4,6-7H,3,5H2,1-2H3,(H,15,16). The van der Waals surface area contributed by atoms with Crippen molar-refractivity contribution < 1.29 is 9.90 Å². The molecule has 0 atom stereocenters. The molecule has 0 bridgehead atoms. The molecule has 2 heterocycles. The van der Waals surface area contributed by atoms with Crippen molar-refractivity contribution >= 4 is 17.3 Å². The topological polar surface area (TPSA) is 55.1 Å². The van der Waals surface area contributed by atoms with Gasteiger partial charge in [-0.3, -0.25) is 0 Å². The van der Waals surface area contributed by atoms with E-state index in [2.05, 4.69) is 4.98 Å². The summed E-state index contributed by atoms with van der Waals surface area (Å²) in [4.78, 5) is 15.2. The first-order valence-corrected chi connectivity index (χ1v) is 6.26. The maximum atomic E-state index is 11.0. The van der Waals surface area contributed by atoms with E-state index in [0.717, 1.165) is 29.4 Å². The average molecular weight is 250 g/mol. The second-order valence-corrected chi connectivity index (χ2v) is 4.90. The fourth-order valence-corrected chi connectivity index (χ4v) is 2.56. The Morgan fingerprint density at radius 2 is 2.29 bits per heavy atom. The molecule has 0 spiro atoms. The summed E-state index contributed by atoms with van der Waals surface area (Å²) < 4.78 is 2.03. The summed E-state index contributed by atoms with van der Waals surface area (Å²) >= 11 is 1.63. The van der Waals surface area contributed by atoms with E-state index in [0.29, 0.717) is 5.56 Å². The number of nitrogens with zero attached hydrogens (tertiary/aromatic N) is 2. The van der Waals surface area contributed by atoms with Crippen molar-refractivity contribution in [2.24, 2.45) is 0 Å². The molecule has 2 rings (SSSR count). The highest BCUT2D eigenvalue weighted by Crippen LogP contribution is 2.16. The number of carboxylic acid groups (broad SMARTS) is 1. The first-order valence-electron chi connectivity index (χ1n) is 5.38. The molecule has 5 heteroatoms. The summed E-state index contributed by atoms with van der Waals surface area (Å²) in [5.74, 6) is -0.862. The molecular weight excluding hydrogens is 236 g/mol. The molecule has 0 radical (unpaired) electrons. The SMILES string of the molecule is Cc1cc(C(=O)O)c(C)n1CCc1nccs1. The molecule has 90 valence electrons. The van der Waals surface area contributed by atoms with Crippen molar-refractivity contribution in [1.82, 2.24) is 9.55 Å². The average Bonchev–Trinajstić information content (AvgIpc) is 2.86. The lowest BCUT2D eigenvalue weighted by molar-refractivity contribution is 0.0696. The van der Waals surface area contributed by atoms with Crippen LogP contribution in [0.1, 0.15) is 26.8 Å². The Kier molecular flexibility index (Phi) is 3.28. The third-order valence-corrected chi connectivity index (χ3v) is 3.68. The summed E-state index contributed by atoms with van der Waals surface area (Å²) in [5, 5.41) is 12.1. The van der Waals surface area contributed by atoms with E-state index in [1.807, 2.05) is 23.8 Å². The van der Waals surface area contributed by atoms with Crippen molar-refractivity contribution in [3.05, 3.63) is 39.6 Å². The van der Waals surface area contributed by atoms with Crippen molar-refractivity contribution in [3.63, 3.8) is 0 Å². The number of aromatic carboxylic acids is 1. The minimum absolute atomic E-state index is 0.390. The molecular formula is C12H14N2O2S. The van der Waals surface area contributed by atoms with Crippen molar-refractivity contribution in [3.8, 4) is 0 Å². The summed E-state index contributed by atoms with van der Waals surface area (Å²) in [5.41, 5.74) is 2.18. The van der Waals surface area contributed by atoms with Gasteiger partial charge in [0, 0.05) is 35.9 Å². The van der Waals surface area contributed by atoms with Crippen LogP contribution < -0.4 is 0 Å². The van der Waals surface area contributed by atoms with E-state index in [4.69, 9.17) is 5.11 Å². The molecule has 2 aromatic heterocycles. The molecule has 0 fully saturated rings. The Labute approximate surface area is 104 Å². The largest absolute Gasteiger partial charge is 0.478 e. The molecule has 0 amide bonds. The predicted molar refractivity (Wildman–Crippen MR) is 66.7 cm³/mol. The van der Waals surface area contributed by atoms with Crippen LogP contribution in [0.2, 0.25) is 0 Å². The van der Waals surface area contributed by atoms with Gasteiger partial charge in [0.1, 0.15) is 0 Å². The second-order valence-electron chi connectivity index (χ2n) is 3.92. The minimum atomic E-state index is -0.862. The summed E-state index contributed by atoms with van der Waals surface area (Å²) in [6.45, 7) is 4.55. The van der Waals surface area contributed by atoms with Crippen LogP contribution in [-0.2, 0) is 13.0 Å². The van der Waals surface area contributed by atoms with Crippen molar-refractivity contribution in [1.29, 1.82) is 0 Å². The van der Waals surface area contributed by atoms with Gasteiger partial charge in [0.05, 0.1) is 10.6 Å². The van der Waals surface area contributed by atoms with Crippen LogP contribution in [0.4, 0.5) is 0 Å². The first-order chi connectivity index (χ1) is 8.09. The second kappa shape index (κ2) is 4.71. The van der Waals surface area contributed by atoms with Crippen LogP contribution in [0.25, 0.3) is 0 Å². The van der Waals surface area contributed by atoms with Crippen LogP contribution in [0.5, 0.6) is 0 Å². The molecule has 0 aliphatic carbocycles. The van der Waals surface area contributed by atoms with E-state index < -0.39 is 5.97 Å². The van der Waals surface area contributed by atoms with Gasteiger partial charge in [-0.2, -0.15) is 0 Å². The van der Waals surface area contributed by atoms with Crippen LogP contribution >= 0.6 is 11.3 Å². The van der Waals surface area contributed by atoms with E-state index in [-0.39, 0.29) is 0 Å². The van der Waals surface area contributed by atoms with Crippen molar-refractivity contribution in [2.45, 2.75) is 26.8 Å². The molecule has 1 N–H and O–H groups in total. The Hall–Kier alpha value is -1.62. The van der Waals surface area contributed by atoms with E-state index in [9.17, 15) is 4.79 Å². The number of carbonyl (C=O) groups is 1. The van der Waals surface area contributed by atoms with E-state index >= 15 is 0 Å². The Balaban J connectivity index is 2.18. The first kappa shape index (κ1) is 11.9. The monoisotopic (exact) mass is 250 g/mol. The molecule has 0 unspecified atom stereocenters. The lowest BCUT2D eigenvalue weighted by Crippen LogP contribution is -2.06. The predicted octanol–water partition coefficient (Wildman–Crippen LogP) is 2.50. The Bertz CT molecular complexity index is 529. The summed E-state index contributed by atoms with van der Waals surface area (Å²) in [6.07, 6.45) is 2.63. The van der Waals surface area contributed by atoms with Gasteiger partial charge in [0.2, 0.25) is 0 Å². The maximum Gasteiger partial charge on any atom is 0.337 e. The molecule has 2 aromatic rings. The van der Waals surface area contributed by atoms with E-state index in [1.165, 1.54) is 0 Å². The summed E-state index contributed by atoms with van der Waals surface area (Å²) in [7, 11) is 0. The van der Waals surface area contributed by atoms with Gasteiger partial charge in [0.25, 0.3) is 0 Å². The van der Waals surface area contributed by atoms with Crippen LogP contribution in [0.15, 0.2) is 17.6 Å². The zero-order valence-corrected chi connectivity index (χ0v) is 10.6. The van der Waals surface area contributed by atoms with Gasteiger partial charge >= 0.3 is 5.97 Å². The smallest absolute Gasteiger partial charge is 0.337 e. The molecule has 0 aliphatic rings. The molecule has 0 aliphatic heterocycles. The van der Waals surface area contributed by atoms with Gasteiger partial charge in [-0.05, 0) is 19.9 Å². The zero-order chi connectivity index (χ0) is 12.4. The van der Waals surface area contributed by atoms with Crippen LogP contribution in [0, 0.1) is 13.8 Å². The third-order valence-electron chi connectivity index (χ3n) is 2.84. The highest BCUT2D eigenvalue weighted by molar-refractivity contribution is 7.09. The number of aromatic nitrogens is 2. The quantitative estimate of drug-likeness (QED) is 0.907. The van der Waals surface area contributed by atoms with Crippen molar-refractivity contribution in [2.75, 3.05) is 0 Å². The summed E-state index contributed by atoms with van der Waals surface area (Å²) in [6, 6.07) is 1.72. The fraction of sp³-hybridized carbons (Fsp3) is 0.333. The highest BCUT2D eigenvalue weighted by atomic mass is 32.1. The number of aryl methyl sites for hydroxylation is 2. The van der Waals surface area contributed by atoms with Gasteiger partial charge in [-0.15, -0.1) is 11.3 Å². The number of thiazole rings is 1. The maximum absolute atomic E-state index is 11.0. The number of carboxylic acids is 1. The molecule has 0 saturated heterocycles. The molecule has 17 heavy (non-hydrogen) atoms. The van der Waals surface area contributed by atoms with Crippen LogP contribution in [-0.4, -0.2) is 20.6 Å². The molecule has 4 nitrogen and oxygen atoms in total. The lowest BCUT2D eigenvalue weighted by Gasteiger charge is -2.07. The van der Waals surface area contributed by atoms with Gasteiger partial charge in [-0.25, -0.2) is 9.78 Å². The molecule has 0 saturated carbocycles. The van der Waals surface area contributed by atoms with Gasteiger partial charge < -0.3 is 9.67 Å². The number of hydrogen-bond acceptors (Lipinski definition) is 3. The van der Waals surface area contributed by atoms with Gasteiger partial charge in [0.15, 0.2) is 0 Å². The number of rotatable bonds is 4.